The molecule has 0 aromatic heterocycles. The molecule has 1 heterocycles. The summed E-state index contributed by atoms with van der Waals surface area (Å²) in [6.45, 7) is 4.53. The van der Waals surface area contributed by atoms with Gasteiger partial charge in [0.1, 0.15) is 6.61 Å². The summed E-state index contributed by atoms with van der Waals surface area (Å²) >= 11 is 0. The number of amides is 2. The van der Waals surface area contributed by atoms with Gasteiger partial charge in [-0.1, -0.05) is 48.5 Å². The lowest BCUT2D eigenvalue weighted by atomic mass is 10.1. The van der Waals surface area contributed by atoms with Gasteiger partial charge in [-0.25, -0.2) is 14.8 Å². The standard InChI is InChI=1S/C19H20N2O3/c1-14-7-6-8-15(2)18(14)21(20-11-12-24-19(20)23)17(22)13-16-9-4-3-5-10-16/h3-10H,11-13H2,1-2H3. The molecule has 0 radical (unpaired) electrons. The number of cyclic esters (lactones) is 1. The van der Waals surface area contributed by atoms with E-state index in [1.54, 1.807) is 0 Å². The highest BCUT2D eigenvalue weighted by Crippen LogP contribution is 2.28. The molecule has 0 aliphatic carbocycles. The summed E-state index contributed by atoms with van der Waals surface area (Å²) in [5.74, 6) is -0.155. The maximum atomic E-state index is 13.0. The average Bonchev–Trinajstić information content (AvgIpc) is 2.97. The van der Waals surface area contributed by atoms with Gasteiger partial charge in [0.05, 0.1) is 18.7 Å². The minimum Gasteiger partial charge on any atom is -0.446 e. The monoisotopic (exact) mass is 324 g/mol. The highest BCUT2D eigenvalue weighted by Gasteiger charge is 2.34. The van der Waals surface area contributed by atoms with Crippen molar-refractivity contribution < 1.29 is 14.3 Å². The number of ether oxygens (including phenoxy) is 1. The molecule has 1 saturated heterocycles. The first-order valence-corrected chi connectivity index (χ1v) is 7.95. The zero-order chi connectivity index (χ0) is 17.1. The zero-order valence-corrected chi connectivity index (χ0v) is 13.9. The van der Waals surface area contributed by atoms with Crippen LogP contribution in [0.2, 0.25) is 0 Å². The van der Waals surface area contributed by atoms with Crippen LogP contribution in [0.25, 0.3) is 0 Å². The summed E-state index contributed by atoms with van der Waals surface area (Å²) in [5, 5.41) is 2.87. The first-order valence-electron chi connectivity index (χ1n) is 7.95. The van der Waals surface area contributed by atoms with Crippen molar-refractivity contribution in [2.24, 2.45) is 0 Å². The lowest BCUT2D eigenvalue weighted by Crippen LogP contribution is -2.48. The number of benzene rings is 2. The van der Waals surface area contributed by atoms with Crippen LogP contribution in [0.15, 0.2) is 48.5 Å². The molecule has 2 aromatic rings. The number of nitrogens with zero attached hydrogens (tertiary/aromatic N) is 2. The third-order valence-electron chi connectivity index (χ3n) is 4.07. The van der Waals surface area contributed by atoms with Crippen molar-refractivity contribution in [3.63, 3.8) is 0 Å². The minimum atomic E-state index is -0.487. The van der Waals surface area contributed by atoms with E-state index in [1.165, 1.54) is 10.0 Å². The highest BCUT2D eigenvalue weighted by molar-refractivity contribution is 5.98. The Morgan fingerprint density at radius 2 is 1.75 bits per heavy atom. The SMILES string of the molecule is Cc1cccc(C)c1N(C(=O)Cc1ccccc1)N1CCOC1=O. The topological polar surface area (TPSA) is 49.9 Å². The summed E-state index contributed by atoms with van der Waals surface area (Å²) < 4.78 is 5.04. The second-order valence-corrected chi connectivity index (χ2v) is 5.85. The number of aryl methyl sites for hydroxylation is 2. The van der Waals surface area contributed by atoms with Crippen LogP contribution in [-0.4, -0.2) is 30.2 Å². The largest absolute Gasteiger partial charge is 0.446 e. The van der Waals surface area contributed by atoms with Crippen molar-refractivity contribution in [1.82, 2.24) is 5.01 Å². The summed E-state index contributed by atoms with van der Waals surface area (Å²) in [6.07, 6.45) is -0.266. The second kappa shape index (κ2) is 6.74. The van der Waals surface area contributed by atoms with Gasteiger partial charge in [-0.15, -0.1) is 0 Å². The molecule has 3 rings (SSSR count). The van der Waals surface area contributed by atoms with E-state index in [0.29, 0.717) is 13.2 Å². The first-order chi connectivity index (χ1) is 11.6. The van der Waals surface area contributed by atoms with E-state index in [4.69, 9.17) is 4.74 Å². The molecule has 1 aliphatic heterocycles. The van der Waals surface area contributed by atoms with Crippen molar-refractivity contribution in [3.05, 3.63) is 65.2 Å². The molecule has 0 saturated carbocycles. The van der Waals surface area contributed by atoms with Gasteiger partial charge in [-0.3, -0.25) is 4.79 Å². The van der Waals surface area contributed by atoms with Crippen LogP contribution in [0, 0.1) is 13.8 Å². The number of para-hydroxylation sites is 1. The fourth-order valence-corrected chi connectivity index (χ4v) is 2.93. The number of hydrazine groups is 1. The Morgan fingerprint density at radius 3 is 2.33 bits per heavy atom. The van der Waals surface area contributed by atoms with Crippen molar-refractivity contribution >= 4 is 17.7 Å². The average molecular weight is 324 g/mol. The number of anilines is 1. The molecule has 0 spiro atoms. The van der Waals surface area contributed by atoms with Gasteiger partial charge in [0, 0.05) is 0 Å². The molecule has 0 bridgehead atoms. The van der Waals surface area contributed by atoms with Crippen molar-refractivity contribution in [2.75, 3.05) is 18.2 Å². The van der Waals surface area contributed by atoms with E-state index in [1.807, 2.05) is 62.4 Å². The summed E-state index contributed by atoms with van der Waals surface area (Å²) in [6, 6.07) is 15.3. The maximum Gasteiger partial charge on any atom is 0.429 e. The molecule has 2 amide bonds. The van der Waals surface area contributed by atoms with E-state index in [0.717, 1.165) is 22.4 Å². The van der Waals surface area contributed by atoms with Crippen molar-refractivity contribution in [3.8, 4) is 0 Å². The van der Waals surface area contributed by atoms with E-state index in [9.17, 15) is 9.59 Å². The van der Waals surface area contributed by atoms with Gasteiger partial charge in [0.25, 0.3) is 0 Å². The molecule has 24 heavy (non-hydrogen) atoms. The summed E-state index contributed by atoms with van der Waals surface area (Å²) in [7, 11) is 0. The van der Waals surface area contributed by atoms with Crippen LogP contribution in [0.1, 0.15) is 16.7 Å². The van der Waals surface area contributed by atoms with Gasteiger partial charge in [-0.05, 0) is 30.5 Å². The van der Waals surface area contributed by atoms with E-state index in [-0.39, 0.29) is 12.3 Å². The molecule has 0 unspecified atom stereocenters. The lowest BCUT2D eigenvalue weighted by molar-refractivity contribution is -0.120. The Bertz CT molecular complexity index is 738. The number of carbonyl (C=O) groups is 2. The number of carbonyl (C=O) groups excluding carboxylic acids is 2. The van der Waals surface area contributed by atoms with Gasteiger partial charge in [0.2, 0.25) is 5.91 Å². The molecular weight excluding hydrogens is 304 g/mol. The van der Waals surface area contributed by atoms with Crippen LogP contribution >= 0.6 is 0 Å². The Hall–Kier alpha value is -2.82. The van der Waals surface area contributed by atoms with Crippen LogP contribution in [-0.2, 0) is 16.0 Å². The zero-order valence-electron chi connectivity index (χ0n) is 13.9. The predicted octanol–water partition coefficient (Wildman–Crippen LogP) is 3.25. The number of hydrogen-bond acceptors (Lipinski definition) is 3. The Labute approximate surface area is 141 Å². The second-order valence-electron chi connectivity index (χ2n) is 5.85. The Morgan fingerprint density at radius 1 is 1.08 bits per heavy atom. The third kappa shape index (κ3) is 3.11. The smallest absolute Gasteiger partial charge is 0.429 e. The Kier molecular flexibility index (Phi) is 4.51. The third-order valence-corrected chi connectivity index (χ3v) is 4.07. The van der Waals surface area contributed by atoms with Crippen LogP contribution < -0.4 is 5.01 Å². The molecule has 1 aliphatic rings. The first kappa shape index (κ1) is 16.1. The van der Waals surface area contributed by atoms with Crippen LogP contribution in [0.3, 0.4) is 0 Å². The van der Waals surface area contributed by atoms with E-state index < -0.39 is 6.09 Å². The number of hydrogen-bond donors (Lipinski definition) is 0. The van der Waals surface area contributed by atoms with Crippen molar-refractivity contribution in [1.29, 1.82) is 0 Å². The molecule has 0 atom stereocenters. The van der Waals surface area contributed by atoms with Gasteiger partial charge in [0.15, 0.2) is 0 Å². The van der Waals surface area contributed by atoms with Crippen molar-refractivity contribution in [2.45, 2.75) is 20.3 Å². The quantitative estimate of drug-likeness (QED) is 0.867. The molecule has 5 heteroatoms. The molecule has 5 nitrogen and oxygen atoms in total. The fourth-order valence-electron chi connectivity index (χ4n) is 2.93. The molecule has 0 N–H and O–H groups in total. The van der Waals surface area contributed by atoms with Crippen LogP contribution in [0.5, 0.6) is 0 Å². The van der Waals surface area contributed by atoms with Gasteiger partial charge in [-0.2, -0.15) is 0 Å². The Balaban J connectivity index is 1.99. The highest BCUT2D eigenvalue weighted by atomic mass is 16.6. The summed E-state index contributed by atoms with van der Waals surface area (Å²) in [4.78, 5) is 25.1. The van der Waals surface area contributed by atoms with Gasteiger partial charge < -0.3 is 4.74 Å². The van der Waals surface area contributed by atoms with Crippen LogP contribution in [0.4, 0.5) is 10.5 Å². The predicted molar refractivity (Wildman–Crippen MR) is 91.6 cm³/mol. The normalized spacial score (nSPS) is 13.8. The van der Waals surface area contributed by atoms with E-state index >= 15 is 0 Å². The molecular formula is C19H20N2O3. The molecule has 124 valence electrons. The summed E-state index contributed by atoms with van der Waals surface area (Å²) in [5.41, 5.74) is 3.54. The molecule has 1 fully saturated rings. The minimum absolute atomic E-state index is 0.155. The maximum absolute atomic E-state index is 13.0. The molecule has 2 aromatic carbocycles. The fraction of sp³-hybridized carbons (Fsp3) is 0.263. The van der Waals surface area contributed by atoms with Gasteiger partial charge >= 0.3 is 6.09 Å². The van der Waals surface area contributed by atoms with E-state index in [2.05, 4.69) is 0 Å². The number of rotatable bonds is 4. The lowest BCUT2D eigenvalue weighted by Gasteiger charge is -2.32.